The van der Waals surface area contributed by atoms with Crippen molar-refractivity contribution in [2.75, 3.05) is 13.2 Å². The summed E-state index contributed by atoms with van der Waals surface area (Å²) in [5.74, 6) is -18.0. The van der Waals surface area contributed by atoms with E-state index in [9.17, 15) is 31.1 Å². The van der Waals surface area contributed by atoms with Gasteiger partial charge in [-0.15, -0.1) is 0 Å². The van der Waals surface area contributed by atoms with Crippen LogP contribution in [-0.4, -0.2) is 53.5 Å². The molecule has 0 aliphatic rings. The molecule has 13 heteroatoms. The zero-order valence-corrected chi connectivity index (χ0v) is 22.3. The summed E-state index contributed by atoms with van der Waals surface area (Å²) in [6, 6.07) is 7.84. The van der Waals surface area contributed by atoms with Gasteiger partial charge in [0.25, 0.3) is 0 Å². The monoisotopic (exact) mass is 575 g/mol. The number of alkyl halides is 6. The number of furan rings is 1. The molecule has 0 aliphatic carbocycles. The number of nitrogens with two attached hydrogens (primary N) is 2. The fraction of sp³-hybridized carbons (Fsp3) is 0.481. The summed E-state index contributed by atoms with van der Waals surface area (Å²) in [7, 11) is 0. The van der Waals surface area contributed by atoms with Gasteiger partial charge >= 0.3 is 23.7 Å². The van der Waals surface area contributed by atoms with E-state index in [2.05, 4.69) is 9.72 Å². The molecule has 0 bridgehead atoms. The van der Waals surface area contributed by atoms with Crippen molar-refractivity contribution in [3.8, 4) is 17.1 Å². The van der Waals surface area contributed by atoms with Gasteiger partial charge in [0.15, 0.2) is 13.2 Å². The van der Waals surface area contributed by atoms with Crippen LogP contribution < -0.4 is 16.2 Å². The Morgan fingerprint density at radius 2 is 1.65 bits per heavy atom. The summed E-state index contributed by atoms with van der Waals surface area (Å²) < 4.78 is 101. The lowest BCUT2D eigenvalue weighted by atomic mass is 9.79. The average molecular weight is 576 g/mol. The number of benzene rings is 1. The van der Waals surface area contributed by atoms with Crippen LogP contribution in [-0.2, 0) is 9.53 Å². The molecule has 7 nitrogen and oxygen atoms in total. The van der Waals surface area contributed by atoms with E-state index < -0.39 is 53.9 Å². The molecule has 0 spiro atoms. The largest absolute Gasteiger partial charge is 0.487 e. The number of aromatic nitrogens is 1. The van der Waals surface area contributed by atoms with Crippen LogP contribution in [0, 0.1) is 5.41 Å². The summed E-state index contributed by atoms with van der Waals surface area (Å²) in [6.07, 6.45) is 3.15. The molecule has 0 aliphatic heterocycles. The van der Waals surface area contributed by atoms with Gasteiger partial charge in [0, 0.05) is 41.0 Å². The predicted octanol–water partition coefficient (Wildman–Crippen LogP) is 5.80. The first kappa shape index (κ1) is 31.2. The third-order valence-electron chi connectivity index (χ3n) is 6.36. The Morgan fingerprint density at radius 3 is 2.25 bits per heavy atom. The highest BCUT2D eigenvalue weighted by molar-refractivity contribution is 5.83. The third kappa shape index (κ3) is 6.69. The highest BCUT2D eigenvalue weighted by Crippen LogP contribution is 2.46. The summed E-state index contributed by atoms with van der Waals surface area (Å²) in [5.41, 5.74) is 10.1. The molecule has 0 amide bonds. The highest BCUT2D eigenvalue weighted by Gasteiger charge is 2.72. The van der Waals surface area contributed by atoms with Crippen LogP contribution in [0.15, 0.2) is 53.2 Å². The standard InChI is InChI=1S/C27H31F6N3O4/c1-23(2,35)12-21(34)24(3,4)22(37)39-15-26(30,31)27(32,33)25(28,29)14-38-18-8-7-16-10-19(40-20(16)11-18)17-6-5-9-36-13-17/h5-11,13,21H,12,14-15,34-35H2,1-4H3. The zero-order valence-electron chi connectivity index (χ0n) is 22.3. The second kappa shape index (κ2) is 10.9. The summed E-state index contributed by atoms with van der Waals surface area (Å²) in [5, 5.41) is 0.550. The Hall–Kier alpha value is -3.32. The van der Waals surface area contributed by atoms with Gasteiger partial charge in [0.05, 0.1) is 5.41 Å². The Labute approximate surface area is 226 Å². The smallest absolute Gasteiger partial charge is 0.378 e. The quantitative estimate of drug-likeness (QED) is 0.207. The molecule has 3 rings (SSSR count). The zero-order chi connectivity index (χ0) is 30.1. The van der Waals surface area contributed by atoms with E-state index in [0.717, 1.165) is 6.07 Å². The van der Waals surface area contributed by atoms with E-state index in [1.54, 1.807) is 38.2 Å². The second-order valence-corrected chi connectivity index (χ2v) is 10.9. The van der Waals surface area contributed by atoms with E-state index in [1.165, 1.54) is 32.2 Å². The molecule has 220 valence electrons. The highest BCUT2D eigenvalue weighted by atomic mass is 19.3. The van der Waals surface area contributed by atoms with Crippen LogP contribution >= 0.6 is 0 Å². The van der Waals surface area contributed by atoms with Crippen LogP contribution in [0.4, 0.5) is 26.3 Å². The van der Waals surface area contributed by atoms with Crippen molar-refractivity contribution in [1.29, 1.82) is 0 Å². The lowest BCUT2D eigenvalue weighted by Gasteiger charge is -2.35. The molecule has 1 aromatic carbocycles. The Kier molecular flexibility index (Phi) is 8.52. The Morgan fingerprint density at radius 1 is 1.00 bits per heavy atom. The number of rotatable bonds is 12. The van der Waals surface area contributed by atoms with Crippen molar-refractivity contribution in [3.63, 3.8) is 0 Å². The van der Waals surface area contributed by atoms with Crippen LogP contribution in [0.3, 0.4) is 0 Å². The molecule has 1 unspecified atom stereocenters. The number of hydrogen-bond acceptors (Lipinski definition) is 7. The van der Waals surface area contributed by atoms with Crippen molar-refractivity contribution in [3.05, 3.63) is 48.8 Å². The van der Waals surface area contributed by atoms with E-state index in [0.29, 0.717) is 16.7 Å². The maximum Gasteiger partial charge on any atom is 0.378 e. The van der Waals surface area contributed by atoms with E-state index in [4.69, 9.17) is 20.6 Å². The first-order chi connectivity index (χ1) is 18.3. The van der Waals surface area contributed by atoms with E-state index in [1.807, 2.05) is 0 Å². The topological polar surface area (TPSA) is 114 Å². The summed E-state index contributed by atoms with van der Waals surface area (Å²) in [4.78, 5) is 16.3. The van der Waals surface area contributed by atoms with Crippen LogP contribution in [0.25, 0.3) is 22.3 Å². The average Bonchev–Trinajstić information content (AvgIpc) is 3.29. The van der Waals surface area contributed by atoms with Gasteiger partial charge in [-0.1, -0.05) is 0 Å². The maximum atomic E-state index is 14.4. The minimum absolute atomic E-state index is 0.0611. The van der Waals surface area contributed by atoms with Crippen molar-refractivity contribution in [1.82, 2.24) is 4.98 Å². The number of halogens is 6. The van der Waals surface area contributed by atoms with Gasteiger partial charge in [-0.3, -0.25) is 9.78 Å². The molecule has 3 aromatic rings. The van der Waals surface area contributed by atoms with Gasteiger partial charge in [-0.05, 0) is 64.4 Å². The molecule has 0 saturated heterocycles. The third-order valence-corrected chi connectivity index (χ3v) is 6.36. The van der Waals surface area contributed by atoms with Gasteiger partial charge in [-0.2, -0.15) is 26.3 Å². The minimum Gasteiger partial charge on any atom is -0.487 e. The molecule has 1 atom stereocenters. The minimum atomic E-state index is -5.94. The van der Waals surface area contributed by atoms with E-state index >= 15 is 0 Å². The fourth-order valence-electron chi connectivity index (χ4n) is 3.69. The molecule has 2 heterocycles. The molecular formula is C27H31F6N3O4. The molecule has 40 heavy (non-hydrogen) atoms. The van der Waals surface area contributed by atoms with E-state index in [-0.39, 0.29) is 17.8 Å². The lowest BCUT2D eigenvalue weighted by molar-refractivity contribution is -0.322. The number of carbonyl (C=O) groups excluding carboxylic acids is 1. The lowest BCUT2D eigenvalue weighted by Crippen LogP contribution is -2.59. The molecule has 0 saturated carbocycles. The van der Waals surface area contributed by atoms with Crippen LogP contribution in [0.2, 0.25) is 0 Å². The first-order valence-electron chi connectivity index (χ1n) is 12.2. The second-order valence-electron chi connectivity index (χ2n) is 10.9. The molecule has 4 N–H and O–H groups in total. The fourth-order valence-corrected chi connectivity index (χ4v) is 3.69. The number of hydrogen-bond donors (Lipinski definition) is 2. The number of ether oxygens (including phenoxy) is 2. The predicted molar refractivity (Wildman–Crippen MR) is 135 cm³/mol. The van der Waals surface area contributed by atoms with Crippen molar-refractivity contribution < 1.29 is 45.0 Å². The Bertz CT molecular complexity index is 1320. The SMILES string of the molecule is CC(C)(N)CC(N)C(C)(C)C(=O)OCC(F)(F)C(F)(F)C(F)(F)COc1ccc2cc(-c3cccnc3)oc2c1. The number of esters is 1. The number of carbonyl (C=O) groups is 1. The molecule has 0 radical (unpaired) electrons. The van der Waals surface area contributed by atoms with Crippen LogP contribution in [0.1, 0.15) is 34.1 Å². The normalized spacial score (nSPS) is 14.3. The van der Waals surface area contributed by atoms with Crippen molar-refractivity contribution in [2.24, 2.45) is 16.9 Å². The Balaban J connectivity index is 1.67. The first-order valence-corrected chi connectivity index (χ1v) is 12.2. The molecule has 0 fully saturated rings. The number of fused-ring (bicyclic) bond motifs is 1. The van der Waals surface area contributed by atoms with Gasteiger partial charge < -0.3 is 25.4 Å². The van der Waals surface area contributed by atoms with Crippen molar-refractivity contribution >= 4 is 16.9 Å². The van der Waals surface area contributed by atoms with Gasteiger partial charge in [0.2, 0.25) is 0 Å². The van der Waals surface area contributed by atoms with Crippen LogP contribution in [0.5, 0.6) is 5.75 Å². The molecule has 2 aromatic heterocycles. The van der Waals surface area contributed by atoms with Gasteiger partial charge in [0.1, 0.15) is 17.1 Å². The van der Waals surface area contributed by atoms with Crippen molar-refractivity contribution in [2.45, 2.75) is 63.5 Å². The number of pyridine rings is 1. The summed E-state index contributed by atoms with van der Waals surface area (Å²) in [6.45, 7) is 1.33. The maximum absolute atomic E-state index is 14.4. The molecular weight excluding hydrogens is 544 g/mol. The summed E-state index contributed by atoms with van der Waals surface area (Å²) >= 11 is 0. The number of nitrogens with zero attached hydrogens (tertiary/aromatic N) is 1. The van der Waals surface area contributed by atoms with Gasteiger partial charge in [-0.25, -0.2) is 0 Å².